The fourth-order valence-electron chi connectivity index (χ4n) is 3.17. The summed E-state index contributed by atoms with van der Waals surface area (Å²) in [5.74, 6) is 0. The number of nitrogens with zero attached hydrogens (tertiary/aromatic N) is 1. The van der Waals surface area contributed by atoms with E-state index in [4.69, 9.17) is 4.74 Å². The van der Waals surface area contributed by atoms with E-state index in [9.17, 15) is 5.11 Å². The Kier molecular flexibility index (Phi) is 5.26. The van der Waals surface area contributed by atoms with E-state index in [1.54, 1.807) is 0 Å². The van der Waals surface area contributed by atoms with Crippen molar-refractivity contribution in [1.82, 2.24) is 4.90 Å². The summed E-state index contributed by atoms with van der Waals surface area (Å²) in [7, 11) is 0. The lowest BCUT2D eigenvalue weighted by molar-refractivity contribution is -0.0245. The Morgan fingerprint density at radius 3 is 2.76 bits per heavy atom. The Hall–Kier alpha value is -0.120. The first-order valence-corrected chi connectivity index (χ1v) is 7.29. The van der Waals surface area contributed by atoms with E-state index in [0.29, 0.717) is 12.1 Å². The van der Waals surface area contributed by atoms with Crippen LogP contribution in [0, 0.1) is 0 Å². The van der Waals surface area contributed by atoms with E-state index >= 15 is 0 Å². The molecule has 17 heavy (non-hydrogen) atoms. The molecule has 0 spiro atoms. The summed E-state index contributed by atoms with van der Waals surface area (Å²) in [6, 6.07) is 0.578. The van der Waals surface area contributed by atoms with Crippen molar-refractivity contribution in [3.63, 3.8) is 0 Å². The molecular weight excluding hydrogens is 214 g/mol. The van der Waals surface area contributed by atoms with Crippen LogP contribution in [-0.2, 0) is 4.74 Å². The van der Waals surface area contributed by atoms with E-state index in [2.05, 4.69) is 4.90 Å². The molecular formula is C14H27NO2. The van der Waals surface area contributed by atoms with E-state index in [1.165, 1.54) is 45.1 Å². The summed E-state index contributed by atoms with van der Waals surface area (Å²) in [6.07, 6.45) is 8.84. The quantitative estimate of drug-likeness (QED) is 0.819. The highest BCUT2D eigenvalue weighted by Gasteiger charge is 2.26. The summed E-state index contributed by atoms with van der Waals surface area (Å²) in [6.45, 7) is 5.12. The molecule has 2 aliphatic rings. The number of ether oxygens (including phenoxy) is 1. The lowest BCUT2D eigenvalue weighted by atomic mass is 9.96. The number of aliphatic hydroxyl groups is 1. The van der Waals surface area contributed by atoms with Gasteiger partial charge in [-0.3, -0.25) is 4.90 Å². The lowest BCUT2D eigenvalue weighted by Crippen LogP contribution is -2.46. The molecule has 0 bridgehead atoms. The first-order valence-electron chi connectivity index (χ1n) is 7.29. The van der Waals surface area contributed by atoms with Gasteiger partial charge in [0, 0.05) is 19.2 Å². The molecule has 3 atom stereocenters. The van der Waals surface area contributed by atoms with Gasteiger partial charge in [0.25, 0.3) is 0 Å². The molecule has 0 radical (unpaired) electrons. The summed E-state index contributed by atoms with van der Waals surface area (Å²) in [5.41, 5.74) is 0. The molecule has 2 fully saturated rings. The molecule has 0 saturated carbocycles. The van der Waals surface area contributed by atoms with Crippen LogP contribution in [0.4, 0.5) is 0 Å². The third kappa shape index (κ3) is 4.23. The van der Waals surface area contributed by atoms with Crippen molar-refractivity contribution in [3.05, 3.63) is 0 Å². The molecule has 0 aromatic rings. The number of aliphatic hydroxyl groups excluding tert-OH is 1. The van der Waals surface area contributed by atoms with Gasteiger partial charge in [-0.15, -0.1) is 0 Å². The van der Waals surface area contributed by atoms with Crippen LogP contribution in [-0.4, -0.2) is 48.0 Å². The minimum absolute atomic E-state index is 0.173. The monoisotopic (exact) mass is 241 g/mol. The predicted octanol–water partition coefficient (Wildman–Crippen LogP) is 2.18. The second-order valence-corrected chi connectivity index (χ2v) is 5.72. The van der Waals surface area contributed by atoms with Crippen molar-refractivity contribution in [3.8, 4) is 0 Å². The van der Waals surface area contributed by atoms with Gasteiger partial charge in [0.05, 0.1) is 12.2 Å². The molecule has 2 aliphatic heterocycles. The van der Waals surface area contributed by atoms with Crippen LogP contribution in [0.15, 0.2) is 0 Å². The number of rotatable bonds is 4. The molecule has 3 unspecified atom stereocenters. The van der Waals surface area contributed by atoms with Crippen LogP contribution >= 0.6 is 0 Å². The van der Waals surface area contributed by atoms with Crippen molar-refractivity contribution >= 4 is 0 Å². The summed E-state index contributed by atoms with van der Waals surface area (Å²) in [4.78, 5) is 2.56. The molecule has 0 aliphatic carbocycles. The Labute approximate surface area is 105 Å². The second kappa shape index (κ2) is 6.72. The van der Waals surface area contributed by atoms with E-state index in [1.807, 2.05) is 6.92 Å². The van der Waals surface area contributed by atoms with Gasteiger partial charge < -0.3 is 9.84 Å². The average Bonchev–Trinajstić information content (AvgIpc) is 2.32. The number of hydrogen-bond donors (Lipinski definition) is 1. The molecule has 1 N–H and O–H groups in total. The van der Waals surface area contributed by atoms with Gasteiger partial charge in [0.15, 0.2) is 0 Å². The average molecular weight is 241 g/mol. The molecule has 100 valence electrons. The second-order valence-electron chi connectivity index (χ2n) is 5.72. The van der Waals surface area contributed by atoms with Gasteiger partial charge in [-0.1, -0.05) is 6.42 Å². The van der Waals surface area contributed by atoms with E-state index in [-0.39, 0.29) is 6.10 Å². The minimum atomic E-state index is -0.173. The van der Waals surface area contributed by atoms with Crippen LogP contribution in [0.1, 0.15) is 51.9 Å². The van der Waals surface area contributed by atoms with Gasteiger partial charge in [0.2, 0.25) is 0 Å². The van der Waals surface area contributed by atoms with Crippen molar-refractivity contribution in [2.45, 2.75) is 70.1 Å². The largest absolute Gasteiger partial charge is 0.393 e. The van der Waals surface area contributed by atoms with Gasteiger partial charge in [-0.2, -0.15) is 0 Å². The van der Waals surface area contributed by atoms with Crippen LogP contribution < -0.4 is 0 Å². The Bertz CT molecular complexity index is 214. The Morgan fingerprint density at radius 2 is 2.06 bits per heavy atom. The van der Waals surface area contributed by atoms with Gasteiger partial charge in [-0.05, 0) is 52.0 Å². The van der Waals surface area contributed by atoms with Gasteiger partial charge in [-0.25, -0.2) is 0 Å². The molecule has 2 rings (SSSR count). The smallest absolute Gasteiger partial charge is 0.0702 e. The molecule has 0 aromatic heterocycles. The van der Waals surface area contributed by atoms with Crippen LogP contribution in [0.3, 0.4) is 0 Å². The molecule has 3 heteroatoms. The van der Waals surface area contributed by atoms with Crippen LogP contribution in [0.25, 0.3) is 0 Å². The zero-order valence-corrected chi connectivity index (χ0v) is 11.1. The topological polar surface area (TPSA) is 32.7 Å². The van der Waals surface area contributed by atoms with Crippen LogP contribution in [0.2, 0.25) is 0 Å². The van der Waals surface area contributed by atoms with E-state index in [0.717, 1.165) is 19.6 Å². The number of hydrogen-bond acceptors (Lipinski definition) is 3. The van der Waals surface area contributed by atoms with Crippen molar-refractivity contribution in [2.75, 3.05) is 19.7 Å². The third-order valence-electron chi connectivity index (χ3n) is 4.07. The summed E-state index contributed by atoms with van der Waals surface area (Å²) >= 11 is 0. The van der Waals surface area contributed by atoms with Crippen LogP contribution in [0.5, 0.6) is 0 Å². The summed E-state index contributed by atoms with van der Waals surface area (Å²) in [5, 5.41) is 9.57. The first-order chi connectivity index (χ1) is 8.25. The maximum absolute atomic E-state index is 9.57. The standard InChI is InChI=1S/C14H27NO2/c1-12(16)10-13-6-2-4-8-15(13)11-14-7-3-5-9-17-14/h12-14,16H,2-11H2,1H3. The third-order valence-corrected chi connectivity index (χ3v) is 4.07. The number of likely N-dealkylation sites (tertiary alicyclic amines) is 1. The zero-order valence-electron chi connectivity index (χ0n) is 11.1. The highest BCUT2D eigenvalue weighted by atomic mass is 16.5. The molecule has 0 aromatic carbocycles. The molecule has 3 nitrogen and oxygen atoms in total. The zero-order chi connectivity index (χ0) is 12.1. The van der Waals surface area contributed by atoms with Crippen molar-refractivity contribution in [1.29, 1.82) is 0 Å². The molecule has 0 amide bonds. The number of piperidine rings is 1. The van der Waals surface area contributed by atoms with Crippen molar-refractivity contribution in [2.24, 2.45) is 0 Å². The maximum atomic E-state index is 9.57. The minimum Gasteiger partial charge on any atom is -0.393 e. The van der Waals surface area contributed by atoms with Crippen molar-refractivity contribution < 1.29 is 9.84 Å². The normalized spacial score (nSPS) is 33.5. The molecule has 2 saturated heterocycles. The maximum Gasteiger partial charge on any atom is 0.0702 e. The lowest BCUT2D eigenvalue weighted by Gasteiger charge is -2.39. The van der Waals surface area contributed by atoms with Gasteiger partial charge in [0.1, 0.15) is 0 Å². The van der Waals surface area contributed by atoms with Gasteiger partial charge >= 0.3 is 0 Å². The SMILES string of the molecule is CC(O)CC1CCCCN1CC1CCCCO1. The molecule has 2 heterocycles. The highest BCUT2D eigenvalue weighted by Crippen LogP contribution is 2.23. The Morgan fingerprint density at radius 1 is 1.24 bits per heavy atom. The van der Waals surface area contributed by atoms with E-state index < -0.39 is 0 Å². The Balaban J connectivity index is 1.82. The first kappa shape index (κ1) is 13.3. The fourth-order valence-corrected chi connectivity index (χ4v) is 3.17. The fraction of sp³-hybridized carbons (Fsp3) is 1.00. The predicted molar refractivity (Wildman–Crippen MR) is 69.1 cm³/mol. The highest BCUT2D eigenvalue weighted by molar-refractivity contribution is 4.81. The summed E-state index contributed by atoms with van der Waals surface area (Å²) < 4.78 is 5.83.